The summed E-state index contributed by atoms with van der Waals surface area (Å²) in [7, 11) is 1.88. The van der Waals surface area contributed by atoms with E-state index in [2.05, 4.69) is 5.32 Å². The lowest BCUT2D eigenvalue weighted by Gasteiger charge is -2.19. The van der Waals surface area contributed by atoms with Gasteiger partial charge < -0.3 is 9.73 Å². The van der Waals surface area contributed by atoms with Gasteiger partial charge in [-0.05, 0) is 43.3 Å². The van der Waals surface area contributed by atoms with Gasteiger partial charge >= 0.3 is 0 Å². The molecule has 0 saturated carbocycles. The quantitative estimate of drug-likeness (QED) is 0.893. The maximum Gasteiger partial charge on any atom is 0.123 e. The molecule has 0 amide bonds. The molecule has 0 radical (unpaired) electrons. The average Bonchev–Trinajstić information content (AvgIpc) is 2.83. The molecular weight excluding hydrogens is 229 g/mol. The van der Waals surface area contributed by atoms with E-state index in [0.29, 0.717) is 0 Å². The Kier molecular flexibility index (Phi) is 3.82. The van der Waals surface area contributed by atoms with E-state index in [-0.39, 0.29) is 11.9 Å². The number of rotatable bonds is 4. The molecule has 3 heteroatoms. The van der Waals surface area contributed by atoms with Crippen molar-refractivity contribution in [2.24, 2.45) is 0 Å². The van der Waals surface area contributed by atoms with Crippen LogP contribution in [0.2, 0.25) is 0 Å². The van der Waals surface area contributed by atoms with Crippen molar-refractivity contribution in [3.8, 4) is 0 Å². The van der Waals surface area contributed by atoms with Gasteiger partial charge in [-0.15, -0.1) is 0 Å². The Morgan fingerprint density at radius 1 is 1.28 bits per heavy atom. The first-order valence-electron chi connectivity index (χ1n) is 6.17. The van der Waals surface area contributed by atoms with Gasteiger partial charge in [0.1, 0.15) is 11.6 Å². The first-order valence-corrected chi connectivity index (χ1v) is 6.17. The third-order valence-corrected chi connectivity index (χ3v) is 3.25. The van der Waals surface area contributed by atoms with Crippen molar-refractivity contribution in [3.63, 3.8) is 0 Å². The molecule has 1 atom stereocenters. The second kappa shape index (κ2) is 5.36. The van der Waals surface area contributed by atoms with Crippen molar-refractivity contribution in [2.75, 3.05) is 7.05 Å². The summed E-state index contributed by atoms with van der Waals surface area (Å²) in [4.78, 5) is 0. The van der Waals surface area contributed by atoms with E-state index in [1.54, 1.807) is 18.4 Å². The molecule has 1 unspecified atom stereocenters. The van der Waals surface area contributed by atoms with E-state index in [9.17, 15) is 4.39 Å². The fourth-order valence-corrected chi connectivity index (χ4v) is 2.30. The zero-order valence-electron chi connectivity index (χ0n) is 11.0. The second-order valence-corrected chi connectivity index (χ2v) is 4.38. The van der Waals surface area contributed by atoms with Gasteiger partial charge in [0.2, 0.25) is 0 Å². The van der Waals surface area contributed by atoms with Crippen LogP contribution in [0, 0.1) is 12.7 Å². The molecule has 2 aromatic rings. The molecule has 1 heterocycles. The van der Waals surface area contributed by atoms with Gasteiger partial charge in [-0.25, -0.2) is 4.39 Å². The van der Waals surface area contributed by atoms with Gasteiger partial charge in [0, 0.05) is 12.0 Å². The van der Waals surface area contributed by atoms with Crippen molar-refractivity contribution in [1.29, 1.82) is 0 Å². The summed E-state index contributed by atoms with van der Waals surface area (Å²) in [6.45, 7) is 4.04. The number of hydrogen-bond donors (Lipinski definition) is 1. The van der Waals surface area contributed by atoms with Gasteiger partial charge in [-0.2, -0.15) is 0 Å². The predicted octanol–water partition coefficient (Wildman–Crippen LogP) is 3.60. The SMILES string of the molecule is CCc1occc1C(NC)c1cc(F)ccc1C. The molecule has 1 N–H and O–H groups in total. The van der Waals surface area contributed by atoms with E-state index >= 15 is 0 Å². The van der Waals surface area contributed by atoms with E-state index in [4.69, 9.17) is 4.42 Å². The Bertz CT molecular complexity index is 533. The van der Waals surface area contributed by atoms with E-state index in [1.165, 1.54) is 6.07 Å². The number of aryl methyl sites for hydroxylation is 2. The fourth-order valence-electron chi connectivity index (χ4n) is 2.30. The van der Waals surface area contributed by atoms with Crippen molar-refractivity contribution in [3.05, 3.63) is 58.8 Å². The van der Waals surface area contributed by atoms with E-state index in [0.717, 1.165) is 28.9 Å². The minimum Gasteiger partial charge on any atom is -0.469 e. The molecule has 0 aliphatic rings. The highest BCUT2D eigenvalue weighted by Gasteiger charge is 2.19. The molecule has 0 saturated heterocycles. The summed E-state index contributed by atoms with van der Waals surface area (Å²) >= 11 is 0. The fraction of sp³-hybridized carbons (Fsp3) is 0.333. The highest BCUT2D eigenvalue weighted by atomic mass is 19.1. The minimum atomic E-state index is -0.211. The largest absolute Gasteiger partial charge is 0.469 e. The molecule has 96 valence electrons. The van der Waals surface area contributed by atoms with Crippen LogP contribution in [0.5, 0.6) is 0 Å². The van der Waals surface area contributed by atoms with Crippen molar-refractivity contribution >= 4 is 0 Å². The first kappa shape index (κ1) is 12.8. The molecule has 0 aliphatic carbocycles. The summed E-state index contributed by atoms with van der Waals surface area (Å²) in [6, 6.07) is 6.80. The third-order valence-electron chi connectivity index (χ3n) is 3.25. The maximum atomic E-state index is 13.4. The van der Waals surface area contributed by atoms with Crippen LogP contribution in [0.25, 0.3) is 0 Å². The lowest BCUT2D eigenvalue weighted by atomic mass is 9.94. The van der Waals surface area contributed by atoms with Crippen molar-refractivity contribution < 1.29 is 8.81 Å². The smallest absolute Gasteiger partial charge is 0.123 e. The molecule has 2 rings (SSSR count). The number of halogens is 1. The van der Waals surface area contributed by atoms with Crippen LogP contribution in [0.15, 0.2) is 34.9 Å². The van der Waals surface area contributed by atoms with Gasteiger partial charge in [0.15, 0.2) is 0 Å². The molecule has 0 fully saturated rings. The van der Waals surface area contributed by atoms with Crippen LogP contribution in [-0.2, 0) is 6.42 Å². The monoisotopic (exact) mass is 247 g/mol. The Labute approximate surface area is 107 Å². The first-order chi connectivity index (χ1) is 8.67. The van der Waals surface area contributed by atoms with E-state index in [1.807, 2.05) is 27.0 Å². The van der Waals surface area contributed by atoms with Crippen LogP contribution < -0.4 is 5.32 Å². The Morgan fingerprint density at radius 3 is 2.72 bits per heavy atom. The zero-order chi connectivity index (χ0) is 13.1. The van der Waals surface area contributed by atoms with Crippen LogP contribution in [0.4, 0.5) is 4.39 Å². The minimum absolute atomic E-state index is 0.0330. The van der Waals surface area contributed by atoms with Gasteiger partial charge in [-0.3, -0.25) is 0 Å². The standard InChI is InChI=1S/C15H18FNO/c1-4-14-12(7-8-18-14)15(17-3)13-9-11(16)6-5-10(13)2/h5-9,15,17H,4H2,1-3H3. The maximum absolute atomic E-state index is 13.4. The Morgan fingerprint density at radius 2 is 2.06 bits per heavy atom. The number of benzene rings is 1. The van der Waals surface area contributed by atoms with Crippen LogP contribution in [0.1, 0.15) is 35.4 Å². The molecule has 0 spiro atoms. The lowest BCUT2D eigenvalue weighted by molar-refractivity contribution is 0.504. The highest BCUT2D eigenvalue weighted by molar-refractivity contribution is 5.38. The van der Waals surface area contributed by atoms with Crippen molar-refractivity contribution in [1.82, 2.24) is 5.32 Å². The van der Waals surface area contributed by atoms with Crippen LogP contribution in [0.3, 0.4) is 0 Å². The van der Waals surface area contributed by atoms with Crippen LogP contribution in [-0.4, -0.2) is 7.05 Å². The summed E-state index contributed by atoms with van der Waals surface area (Å²) < 4.78 is 18.9. The van der Waals surface area contributed by atoms with Gasteiger partial charge in [-0.1, -0.05) is 13.0 Å². The topological polar surface area (TPSA) is 25.2 Å². The van der Waals surface area contributed by atoms with Gasteiger partial charge in [0.25, 0.3) is 0 Å². The Balaban J connectivity index is 2.48. The normalized spacial score (nSPS) is 12.7. The highest BCUT2D eigenvalue weighted by Crippen LogP contribution is 2.28. The van der Waals surface area contributed by atoms with Crippen LogP contribution >= 0.6 is 0 Å². The molecule has 2 nitrogen and oxygen atoms in total. The molecular formula is C15H18FNO. The molecule has 0 bridgehead atoms. The lowest BCUT2D eigenvalue weighted by Crippen LogP contribution is -2.19. The number of nitrogens with one attached hydrogen (secondary N) is 1. The number of furan rings is 1. The summed E-state index contributed by atoms with van der Waals surface area (Å²) in [5.74, 6) is 0.732. The summed E-state index contributed by atoms with van der Waals surface area (Å²) in [5, 5.41) is 3.24. The number of hydrogen-bond acceptors (Lipinski definition) is 2. The Hall–Kier alpha value is -1.61. The van der Waals surface area contributed by atoms with Crippen molar-refractivity contribution in [2.45, 2.75) is 26.3 Å². The van der Waals surface area contributed by atoms with E-state index < -0.39 is 0 Å². The zero-order valence-corrected chi connectivity index (χ0v) is 11.0. The second-order valence-electron chi connectivity index (χ2n) is 4.38. The van der Waals surface area contributed by atoms with Gasteiger partial charge in [0.05, 0.1) is 12.3 Å². The summed E-state index contributed by atoms with van der Waals surface area (Å²) in [6.07, 6.45) is 2.52. The molecule has 1 aromatic heterocycles. The third kappa shape index (κ3) is 2.31. The molecule has 1 aromatic carbocycles. The molecule has 0 aliphatic heterocycles. The predicted molar refractivity (Wildman–Crippen MR) is 70.1 cm³/mol. The average molecular weight is 247 g/mol. The molecule has 18 heavy (non-hydrogen) atoms. The summed E-state index contributed by atoms with van der Waals surface area (Å²) in [5.41, 5.74) is 3.10.